The van der Waals surface area contributed by atoms with Crippen molar-refractivity contribution in [3.63, 3.8) is 0 Å². The molecule has 1 heterocycles. The topological polar surface area (TPSA) is 50.2 Å². The average Bonchev–Trinajstić information content (AvgIpc) is 2.89. The third-order valence-corrected chi connectivity index (χ3v) is 4.87. The van der Waals surface area contributed by atoms with Gasteiger partial charge in [-0.05, 0) is 36.2 Å². The van der Waals surface area contributed by atoms with Crippen LogP contribution < -0.4 is 0 Å². The number of nitrogens with zero attached hydrogens (tertiary/aromatic N) is 1. The van der Waals surface area contributed by atoms with Gasteiger partial charge < -0.3 is 10.1 Å². The fourth-order valence-corrected chi connectivity index (χ4v) is 3.59. The molecule has 0 saturated heterocycles. The maximum Gasteiger partial charge on any atom is 0.155 e. The standard InChI is InChI=1S/C20H16N.C5H8O2.Ir/c1-20(2)17-11-7-6-10-15(17)16-13-21-19(12-18(16)20)14-8-4-3-5-9-14;1-4(6)3-5(2)7;/h3-8,10-13H,1-2H3;3,6H,1-2H3;/q-1;;/b;4-3-;. The number of ketones is 1. The number of allylic oxidation sites excluding steroid dienone is 2. The Bertz CT molecular complexity index is 1040. The Morgan fingerprint density at radius 1 is 1.03 bits per heavy atom. The van der Waals surface area contributed by atoms with E-state index >= 15 is 0 Å². The normalized spacial score (nSPS) is 13.3. The zero-order chi connectivity index (χ0) is 20.3. The summed E-state index contributed by atoms with van der Waals surface area (Å²) in [6.07, 6.45) is 3.18. The molecular formula is C25H24IrNO2-. The number of aromatic nitrogens is 1. The van der Waals surface area contributed by atoms with Crippen LogP contribution in [0.5, 0.6) is 0 Å². The van der Waals surface area contributed by atoms with Crippen LogP contribution in [0.3, 0.4) is 0 Å². The van der Waals surface area contributed by atoms with Crippen LogP contribution in [0.4, 0.5) is 0 Å². The second-order valence-corrected chi connectivity index (χ2v) is 7.46. The van der Waals surface area contributed by atoms with Crippen molar-refractivity contribution in [3.8, 4) is 22.4 Å². The minimum absolute atomic E-state index is 0. The van der Waals surface area contributed by atoms with E-state index in [0.29, 0.717) is 0 Å². The number of benzene rings is 2. The molecule has 1 aromatic heterocycles. The molecule has 0 aliphatic heterocycles. The molecule has 0 unspecified atom stereocenters. The zero-order valence-corrected chi connectivity index (χ0v) is 19.4. The Labute approximate surface area is 185 Å². The van der Waals surface area contributed by atoms with Gasteiger partial charge in [-0.15, -0.1) is 35.9 Å². The van der Waals surface area contributed by atoms with Gasteiger partial charge in [0.1, 0.15) is 0 Å². The summed E-state index contributed by atoms with van der Waals surface area (Å²) in [5.41, 5.74) is 7.38. The molecular weight excluding hydrogens is 538 g/mol. The molecule has 151 valence electrons. The van der Waals surface area contributed by atoms with Crippen LogP contribution in [0, 0.1) is 6.07 Å². The van der Waals surface area contributed by atoms with E-state index in [1.54, 1.807) is 0 Å². The van der Waals surface area contributed by atoms with Crippen molar-refractivity contribution in [3.05, 3.63) is 89.8 Å². The Morgan fingerprint density at radius 2 is 1.72 bits per heavy atom. The van der Waals surface area contributed by atoms with Crippen molar-refractivity contribution >= 4 is 5.78 Å². The number of fused-ring (bicyclic) bond motifs is 3. The second kappa shape index (κ2) is 9.30. The minimum Gasteiger partial charge on any atom is -0.512 e. The molecule has 2 aromatic carbocycles. The first-order chi connectivity index (χ1) is 13.3. The summed E-state index contributed by atoms with van der Waals surface area (Å²) >= 11 is 0. The van der Waals surface area contributed by atoms with E-state index in [0.717, 1.165) is 11.3 Å². The van der Waals surface area contributed by atoms with Crippen molar-refractivity contribution in [1.29, 1.82) is 0 Å². The molecule has 0 amide bonds. The van der Waals surface area contributed by atoms with Crippen LogP contribution in [0.15, 0.2) is 72.6 Å². The molecule has 0 atom stereocenters. The van der Waals surface area contributed by atoms with Gasteiger partial charge in [0.05, 0.1) is 5.76 Å². The molecule has 1 aliphatic carbocycles. The van der Waals surface area contributed by atoms with E-state index in [2.05, 4.69) is 61.3 Å². The van der Waals surface area contributed by atoms with E-state index < -0.39 is 0 Å². The average molecular weight is 563 g/mol. The van der Waals surface area contributed by atoms with Gasteiger partial charge in [0, 0.05) is 43.4 Å². The number of carbonyl (C=O) groups excluding carboxylic acids is 1. The van der Waals surface area contributed by atoms with E-state index in [1.807, 2.05) is 24.4 Å². The maximum absolute atomic E-state index is 10.0. The number of hydrogen-bond donors (Lipinski definition) is 1. The number of aliphatic hydroxyl groups is 1. The number of carbonyl (C=O) groups is 1. The van der Waals surface area contributed by atoms with Crippen molar-refractivity contribution in [2.75, 3.05) is 0 Å². The summed E-state index contributed by atoms with van der Waals surface area (Å²) in [5.74, 6) is -0.0625. The molecule has 3 nitrogen and oxygen atoms in total. The van der Waals surface area contributed by atoms with Gasteiger partial charge in [-0.3, -0.25) is 4.79 Å². The van der Waals surface area contributed by atoms with Gasteiger partial charge in [-0.2, -0.15) is 0 Å². The molecule has 4 heteroatoms. The number of pyridine rings is 1. The summed E-state index contributed by atoms with van der Waals surface area (Å²) < 4.78 is 0. The smallest absolute Gasteiger partial charge is 0.155 e. The molecule has 1 aliphatic rings. The summed E-state index contributed by atoms with van der Waals surface area (Å²) in [6.45, 7) is 7.42. The zero-order valence-electron chi connectivity index (χ0n) is 17.0. The van der Waals surface area contributed by atoms with Gasteiger partial charge in [0.2, 0.25) is 0 Å². The predicted molar refractivity (Wildman–Crippen MR) is 113 cm³/mol. The van der Waals surface area contributed by atoms with Crippen LogP contribution in [-0.4, -0.2) is 15.9 Å². The van der Waals surface area contributed by atoms with Crippen LogP contribution in [0.25, 0.3) is 22.4 Å². The SMILES string of the molecule is CC(=O)/C=C(/C)O.CC1(C)c2ccccc2-c2cnc(-c3[c-]cccc3)cc21.[Ir]. The van der Waals surface area contributed by atoms with Gasteiger partial charge in [-0.1, -0.05) is 44.2 Å². The Kier molecular flexibility index (Phi) is 7.29. The number of rotatable bonds is 2. The largest absolute Gasteiger partial charge is 0.512 e. The molecule has 0 saturated carbocycles. The van der Waals surface area contributed by atoms with Crippen LogP contribution in [0.2, 0.25) is 0 Å². The number of hydrogen-bond acceptors (Lipinski definition) is 3. The Morgan fingerprint density at radius 3 is 2.31 bits per heavy atom. The quantitative estimate of drug-likeness (QED) is 0.241. The van der Waals surface area contributed by atoms with E-state index in [9.17, 15) is 4.79 Å². The number of aliphatic hydroxyl groups excluding tert-OH is 1. The fourth-order valence-electron chi connectivity index (χ4n) is 3.59. The Balaban J connectivity index is 0.000000327. The molecule has 4 rings (SSSR count). The van der Waals surface area contributed by atoms with Crippen molar-refractivity contribution in [2.45, 2.75) is 33.1 Å². The summed E-state index contributed by atoms with van der Waals surface area (Å²) in [4.78, 5) is 14.7. The summed E-state index contributed by atoms with van der Waals surface area (Å²) in [7, 11) is 0. The molecule has 29 heavy (non-hydrogen) atoms. The Hall–Kier alpha value is -2.55. The van der Waals surface area contributed by atoms with Crippen LogP contribution >= 0.6 is 0 Å². The van der Waals surface area contributed by atoms with E-state index in [1.165, 1.54) is 42.2 Å². The van der Waals surface area contributed by atoms with Crippen molar-refractivity contribution in [2.24, 2.45) is 0 Å². The fraction of sp³-hybridized carbons (Fsp3) is 0.200. The first-order valence-electron chi connectivity index (χ1n) is 9.26. The molecule has 1 radical (unpaired) electrons. The summed E-state index contributed by atoms with van der Waals surface area (Å²) in [5, 5.41) is 8.36. The van der Waals surface area contributed by atoms with Gasteiger partial charge in [0.15, 0.2) is 5.78 Å². The monoisotopic (exact) mass is 563 g/mol. The molecule has 0 bridgehead atoms. The first-order valence-corrected chi connectivity index (χ1v) is 9.26. The minimum atomic E-state index is -0.125. The van der Waals surface area contributed by atoms with Crippen LogP contribution in [0.1, 0.15) is 38.8 Å². The second-order valence-electron chi connectivity index (χ2n) is 7.46. The van der Waals surface area contributed by atoms with E-state index in [-0.39, 0.29) is 37.1 Å². The predicted octanol–water partition coefficient (Wildman–Crippen LogP) is 5.89. The van der Waals surface area contributed by atoms with Crippen molar-refractivity contribution < 1.29 is 30.0 Å². The van der Waals surface area contributed by atoms with E-state index in [4.69, 9.17) is 5.11 Å². The third-order valence-electron chi connectivity index (χ3n) is 4.87. The van der Waals surface area contributed by atoms with Crippen LogP contribution in [-0.2, 0) is 30.3 Å². The summed E-state index contributed by atoms with van der Waals surface area (Å²) in [6, 6.07) is 22.1. The van der Waals surface area contributed by atoms with Gasteiger partial charge in [0.25, 0.3) is 0 Å². The maximum atomic E-state index is 10.0. The first kappa shape index (κ1) is 22.7. The van der Waals surface area contributed by atoms with Gasteiger partial charge >= 0.3 is 0 Å². The molecule has 0 spiro atoms. The van der Waals surface area contributed by atoms with Crippen molar-refractivity contribution in [1.82, 2.24) is 4.98 Å². The third kappa shape index (κ3) is 4.90. The molecule has 1 N–H and O–H groups in total. The molecule has 3 aromatic rings. The van der Waals surface area contributed by atoms with Gasteiger partial charge in [-0.25, -0.2) is 0 Å². The molecule has 0 fully saturated rings.